The quantitative estimate of drug-likeness (QED) is 0.908. The van der Waals surface area contributed by atoms with Gasteiger partial charge in [-0.2, -0.15) is 0 Å². The highest BCUT2D eigenvalue weighted by Gasteiger charge is 2.68. The molecule has 2 atom stereocenters. The van der Waals surface area contributed by atoms with E-state index in [4.69, 9.17) is 0 Å². The van der Waals surface area contributed by atoms with Crippen molar-refractivity contribution in [1.82, 2.24) is 0 Å². The van der Waals surface area contributed by atoms with Crippen LogP contribution in [0.3, 0.4) is 0 Å². The van der Waals surface area contributed by atoms with Gasteiger partial charge in [-0.25, -0.2) is 0 Å². The lowest BCUT2D eigenvalue weighted by Crippen LogP contribution is -2.34. The Morgan fingerprint density at radius 1 is 1.19 bits per heavy atom. The highest BCUT2D eigenvalue weighted by molar-refractivity contribution is 6.03. The number of anilines is 1. The molecule has 2 saturated carbocycles. The summed E-state index contributed by atoms with van der Waals surface area (Å²) in [6.45, 7) is 4.48. The topological polar surface area (TPSA) is 57.6 Å². The molecule has 0 aromatic heterocycles. The first-order valence-corrected chi connectivity index (χ1v) is 7.52. The number of amides is 1. The molecule has 1 aliphatic heterocycles. The average Bonchev–Trinajstić information content (AvgIpc) is 3.27. The fourth-order valence-electron chi connectivity index (χ4n) is 4.13. The molecular formula is C17H19NO3. The van der Waals surface area contributed by atoms with Gasteiger partial charge in [-0.1, -0.05) is 32.0 Å². The normalized spacial score (nSPS) is 30.1. The third-order valence-corrected chi connectivity index (χ3v) is 5.71. The van der Waals surface area contributed by atoms with Gasteiger partial charge < -0.3 is 10.0 Å². The zero-order chi connectivity index (χ0) is 15.0. The van der Waals surface area contributed by atoms with Crippen LogP contribution in [0.4, 0.5) is 5.69 Å². The third-order valence-electron chi connectivity index (χ3n) is 5.71. The maximum absolute atomic E-state index is 12.9. The Morgan fingerprint density at radius 2 is 1.86 bits per heavy atom. The molecular weight excluding hydrogens is 266 g/mol. The Kier molecular flexibility index (Phi) is 2.25. The summed E-state index contributed by atoms with van der Waals surface area (Å²) in [5.74, 6) is -1.81. The zero-order valence-electron chi connectivity index (χ0n) is 12.3. The molecule has 0 unspecified atom stereocenters. The summed E-state index contributed by atoms with van der Waals surface area (Å²) >= 11 is 0. The second-order valence-electron chi connectivity index (χ2n) is 7.34. The lowest BCUT2D eigenvalue weighted by atomic mass is 9.99. The summed E-state index contributed by atoms with van der Waals surface area (Å²) in [5.41, 5.74) is 1.98. The van der Waals surface area contributed by atoms with Crippen LogP contribution >= 0.6 is 0 Å². The number of aliphatic carboxylic acids is 1. The van der Waals surface area contributed by atoms with Gasteiger partial charge in [0, 0.05) is 17.6 Å². The average molecular weight is 285 g/mol. The molecule has 1 N–H and O–H groups in total. The Labute approximate surface area is 123 Å². The number of carbonyl (C=O) groups excluding carboxylic acids is 1. The van der Waals surface area contributed by atoms with E-state index in [2.05, 4.69) is 6.07 Å². The van der Waals surface area contributed by atoms with Crippen LogP contribution in [0.15, 0.2) is 24.3 Å². The molecule has 0 saturated heterocycles. The van der Waals surface area contributed by atoms with Crippen molar-refractivity contribution in [2.45, 2.75) is 32.1 Å². The van der Waals surface area contributed by atoms with E-state index in [0.29, 0.717) is 0 Å². The Balaban J connectivity index is 1.67. The zero-order valence-corrected chi connectivity index (χ0v) is 12.3. The minimum absolute atomic E-state index is 0.0105. The summed E-state index contributed by atoms with van der Waals surface area (Å²) in [4.78, 5) is 26.0. The smallest absolute Gasteiger partial charge is 0.307 e. The molecule has 4 nitrogen and oxygen atoms in total. The summed E-state index contributed by atoms with van der Waals surface area (Å²) in [6.07, 6.45) is 2.26. The van der Waals surface area contributed by atoms with Gasteiger partial charge in [0.15, 0.2) is 0 Å². The Hall–Kier alpha value is -1.84. The van der Waals surface area contributed by atoms with E-state index in [1.807, 2.05) is 36.9 Å². The van der Waals surface area contributed by atoms with E-state index in [-0.39, 0.29) is 11.3 Å². The molecule has 1 heterocycles. The van der Waals surface area contributed by atoms with Gasteiger partial charge >= 0.3 is 5.97 Å². The molecule has 1 aromatic carbocycles. The van der Waals surface area contributed by atoms with E-state index in [1.165, 1.54) is 5.56 Å². The van der Waals surface area contributed by atoms with Gasteiger partial charge in [0.25, 0.3) is 0 Å². The molecule has 0 radical (unpaired) electrons. The second-order valence-corrected chi connectivity index (χ2v) is 7.34. The molecule has 1 aromatic rings. The van der Waals surface area contributed by atoms with Crippen LogP contribution in [-0.4, -0.2) is 23.5 Å². The van der Waals surface area contributed by atoms with Crippen molar-refractivity contribution in [1.29, 1.82) is 0 Å². The monoisotopic (exact) mass is 285 g/mol. The molecule has 1 amide bonds. The number of hydrogen-bond acceptors (Lipinski definition) is 2. The number of fused-ring (bicyclic) bond motifs is 2. The minimum atomic E-state index is -0.855. The minimum Gasteiger partial charge on any atom is -0.481 e. The number of hydrogen-bond donors (Lipinski definition) is 1. The molecule has 4 rings (SSSR count). The van der Waals surface area contributed by atoms with Crippen molar-refractivity contribution >= 4 is 17.6 Å². The maximum Gasteiger partial charge on any atom is 0.307 e. The fourth-order valence-corrected chi connectivity index (χ4v) is 4.13. The van der Waals surface area contributed by atoms with Gasteiger partial charge in [-0.3, -0.25) is 9.59 Å². The van der Waals surface area contributed by atoms with Crippen molar-refractivity contribution in [3.63, 3.8) is 0 Å². The number of carbonyl (C=O) groups is 2. The molecule has 3 aliphatic rings. The van der Waals surface area contributed by atoms with Crippen LogP contribution in [0.2, 0.25) is 0 Å². The van der Waals surface area contributed by atoms with Crippen LogP contribution in [-0.2, 0) is 15.0 Å². The molecule has 2 fully saturated rings. The standard InChI is InChI=1S/C17H19NO3/c1-16(2)12(13(16)15(20)21)14(19)18-9-17(7-8-17)10-5-3-4-6-11(10)18/h3-6,12-13H,7-9H2,1-2H3,(H,20,21)/t12-,13+/m1/s1. The van der Waals surface area contributed by atoms with E-state index in [1.54, 1.807) is 0 Å². The predicted octanol–water partition coefficient (Wildman–Crippen LogP) is 2.42. The molecule has 2 aliphatic carbocycles. The number of benzene rings is 1. The number of rotatable bonds is 2. The van der Waals surface area contributed by atoms with E-state index >= 15 is 0 Å². The van der Waals surface area contributed by atoms with Gasteiger partial charge in [0.1, 0.15) is 0 Å². The van der Waals surface area contributed by atoms with Crippen LogP contribution in [0.1, 0.15) is 32.3 Å². The van der Waals surface area contributed by atoms with Gasteiger partial charge in [-0.15, -0.1) is 0 Å². The molecule has 21 heavy (non-hydrogen) atoms. The number of para-hydroxylation sites is 1. The summed E-state index contributed by atoms with van der Waals surface area (Å²) in [5, 5.41) is 9.29. The molecule has 4 heteroatoms. The fraction of sp³-hybridized carbons (Fsp3) is 0.529. The van der Waals surface area contributed by atoms with E-state index in [9.17, 15) is 14.7 Å². The largest absolute Gasteiger partial charge is 0.481 e. The SMILES string of the molecule is CC1(C)[C@H](C(=O)O)[C@@H]1C(=O)N1CC2(CC2)c2ccccc21. The van der Waals surface area contributed by atoms with Crippen LogP contribution in [0.25, 0.3) is 0 Å². The Bertz CT molecular complexity index is 660. The van der Waals surface area contributed by atoms with Crippen molar-refractivity contribution in [3.05, 3.63) is 29.8 Å². The molecule has 110 valence electrons. The number of carboxylic acid groups (broad SMARTS) is 1. The first kappa shape index (κ1) is 12.9. The predicted molar refractivity (Wildman–Crippen MR) is 78.1 cm³/mol. The maximum atomic E-state index is 12.9. The van der Waals surface area contributed by atoms with Gasteiger partial charge in [0.2, 0.25) is 5.91 Å². The van der Waals surface area contributed by atoms with Crippen LogP contribution in [0.5, 0.6) is 0 Å². The van der Waals surface area contributed by atoms with Gasteiger partial charge in [0.05, 0.1) is 11.8 Å². The summed E-state index contributed by atoms with van der Waals surface area (Å²) < 4.78 is 0. The molecule has 0 bridgehead atoms. The van der Waals surface area contributed by atoms with Crippen LogP contribution < -0.4 is 4.90 Å². The van der Waals surface area contributed by atoms with Gasteiger partial charge in [-0.05, 0) is 29.9 Å². The lowest BCUT2D eigenvalue weighted by Gasteiger charge is -2.18. The number of carboxylic acids is 1. The van der Waals surface area contributed by atoms with Crippen LogP contribution in [0, 0.1) is 17.3 Å². The first-order valence-electron chi connectivity index (χ1n) is 7.52. The first-order chi connectivity index (χ1) is 9.88. The Morgan fingerprint density at radius 3 is 2.43 bits per heavy atom. The van der Waals surface area contributed by atoms with E-state index < -0.39 is 23.2 Å². The highest BCUT2D eigenvalue weighted by Crippen LogP contribution is 2.62. The second kappa shape index (κ2) is 3.67. The summed E-state index contributed by atoms with van der Waals surface area (Å²) in [7, 11) is 0. The van der Waals surface area contributed by atoms with E-state index in [0.717, 1.165) is 25.1 Å². The lowest BCUT2D eigenvalue weighted by molar-refractivity contribution is -0.140. The third kappa shape index (κ3) is 1.56. The molecule has 1 spiro atoms. The highest BCUT2D eigenvalue weighted by atomic mass is 16.4. The summed E-state index contributed by atoms with van der Waals surface area (Å²) in [6, 6.07) is 8.08. The van der Waals surface area contributed by atoms with Crippen molar-refractivity contribution < 1.29 is 14.7 Å². The van der Waals surface area contributed by atoms with Crippen molar-refractivity contribution in [2.24, 2.45) is 17.3 Å². The van der Waals surface area contributed by atoms with Crippen molar-refractivity contribution in [3.8, 4) is 0 Å². The van der Waals surface area contributed by atoms with Crippen molar-refractivity contribution in [2.75, 3.05) is 11.4 Å². The number of nitrogens with zero attached hydrogens (tertiary/aromatic N) is 1.